The van der Waals surface area contributed by atoms with E-state index in [4.69, 9.17) is 9.84 Å². The third-order valence-electron chi connectivity index (χ3n) is 6.60. The lowest BCUT2D eigenvalue weighted by Crippen LogP contribution is -2.51. The highest BCUT2D eigenvalue weighted by atomic mass is 32.2. The maximum atomic E-state index is 13.2. The summed E-state index contributed by atoms with van der Waals surface area (Å²) in [6.07, 6.45) is 2.95. The minimum Gasteiger partial charge on any atom is -0.481 e. The van der Waals surface area contributed by atoms with Crippen molar-refractivity contribution >= 4 is 29.7 Å². The van der Waals surface area contributed by atoms with Crippen molar-refractivity contribution in [3.8, 4) is 11.1 Å². The summed E-state index contributed by atoms with van der Waals surface area (Å²) in [5.74, 6) is -0.501. The molecule has 0 radical (unpaired) electrons. The molecule has 2 aromatic carbocycles. The van der Waals surface area contributed by atoms with Crippen LogP contribution < -0.4 is 5.32 Å². The minimum absolute atomic E-state index is 0.0286. The Bertz CT molecular complexity index is 1010. The third-order valence-corrected chi connectivity index (χ3v) is 7.32. The number of ether oxygens (including phenoxy) is 1. The molecule has 8 heteroatoms. The molecule has 0 bridgehead atoms. The lowest BCUT2D eigenvalue weighted by molar-refractivity contribution is -0.138. The van der Waals surface area contributed by atoms with Crippen LogP contribution in [0.15, 0.2) is 48.5 Å². The fourth-order valence-electron chi connectivity index (χ4n) is 5.00. The first-order chi connectivity index (χ1) is 16.5. The zero-order chi connectivity index (χ0) is 24.1. The zero-order valence-corrected chi connectivity index (χ0v) is 20.1. The summed E-state index contributed by atoms with van der Waals surface area (Å²) >= 11 is 1.67. The normalized spacial score (nSPS) is 17.7. The number of alkyl carbamates (subject to hydrolysis) is 1. The molecule has 0 aromatic heterocycles. The van der Waals surface area contributed by atoms with E-state index in [2.05, 4.69) is 17.4 Å². The molecule has 0 saturated carbocycles. The molecule has 7 nitrogen and oxygen atoms in total. The average molecular weight is 483 g/mol. The summed E-state index contributed by atoms with van der Waals surface area (Å²) in [6, 6.07) is 15.3. The van der Waals surface area contributed by atoms with Gasteiger partial charge in [-0.25, -0.2) is 4.79 Å². The van der Waals surface area contributed by atoms with Crippen LogP contribution in [-0.2, 0) is 14.3 Å². The molecule has 0 spiro atoms. The van der Waals surface area contributed by atoms with Crippen LogP contribution in [0.4, 0.5) is 4.79 Å². The number of carboxylic acids is 1. The molecule has 1 heterocycles. The van der Waals surface area contributed by atoms with Gasteiger partial charge in [0.2, 0.25) is 5.91 Å². The number of carbonyl (C=O) groups excluding carboxylic acids is 2. The largest absolute Gasteiger partial charge is 0.481 e. The molecule has 1 fully saturated rings. The van der Waals surface area contributed by atoms with E-state index in [-0.39, 0.29) is 37.3 Å². The van der Waals surface area contributed by atoms with Crippen molar-refractivity contribution in [3.63, 3.8) is 0 Å². The molecule has 2 unspecified atom stereocenters. The standard InChI is InChI=1S/C26H30N2O5S/c1-34-16-17-7-6-14-28(17)25(31)23(12-13-24(29)30)27-26(32)33-15-22-20-10-4-2-8-18(20)19-9-3-5-11-21(19)22/h2-5,8-11,17,22-23H,6-7,12-16H2,1H3,(H,27,32)(H,29,30). The van der Waals surface area contributed by atoms with Gasteiger partial charge in [-0.15, -0.1) is 0 Å². The molecular weight excluding hydrogens is 452 g/mol. The zero-order valence-electron chi connectivity index (χ0n) is 19.2. The Kier molecular flexibility index (Phi) is 7.77. The van der Waals surface area contributed by atoms with Gasteiger partial charge in [-0.1, -0.05) is 48.5 Å². The van der Waals surface area contributed by atoms with Gasteiger partial charge in [0.05, 0.1) is 0 Å². The third kappa shape index (κ3) is 5.22. The van der Waals surface area contributed by atoms with Crippen molar-refractivity contribution in [1.82, 2.24) is 10.2 Å². The summed E-state index contributed by atoms with van der Waals surface area (Å²) in [5, 5.41) is 11.8. The van der Waals surface area contributed by atoms with Gasteiger partial charge < -0.3 is 20.1 Å². The Hall–Kier alpha value is -3.00. The van der Waals surface area contributed by atoms with Crippen molar-refractivity contribution in [2.24, 2.45) is 0 Å². The van der Waals surface area contributed by atoms with Crippen molar-refractivity contribution in [2.45, 2.75) is 43.7 Å². The molecule has 2 atom stereocenters. The van der Waals surface area contributed by atoms with Gasteiger partial charge in [-0.2, -0.15) is 11.8 Å². The first-order valence-corrected chi connectivity index (χ1v) is 13.0. The summed E-state index contributed by atoms with van der Waals surface area (Å²) < 4.78 is 5.59. The summed E-state index contributed by atoms with van der Waals surface area (Å²) in [6.45, 7) is 0.762. The number of likely N-dealkylation sites (tertiary alicyclic amines) is 1. The highest BCUT2D eigenvalue weighted by Gasteiger charge is 2.34. The fourth-order valence-corrected chi connectivity index (χ4v) is 5.73. The number of carboxylic acid groups (broad SMARTS) is 1. The van der Waals surface area contributed by atoms with Crippen LogP contribution in [0.3, 0.4) is 0 Å². The van der Waals surface area contributed by atoms with E-state index in [1.165, 1.54) is 0 Å². The van der Waals surface area contributed by atoms with Gasteiger partial charge in [0.1, 0.15) is 12.6 Å². The molecule has 1 aliphatic heterocycles. The van der Waals surface area contributed by atoms with Gasteiger partial charge >= 0.3 is 12.1 Å². The monoisotopic (exact) mass is 482 g/mol. The number of fused-ring (bicyclic) bond motifs is 3. The first kappa shape index (κ1) is 24.1. The highest BCUT2D eigenvalue weighted by Crippen LogP contribution is 2.44. The molecule has 1 saturated heterocycles. The molecule has 2 aromatic rings. The van der Waals surface area contributed by atoms with Crippen molar-refractivity contribution in [1.29, 1.82) is 0 Å². The van der Waals surface area contributed by atoms with E-state index in [0.717, 1.165) is 40.8 Å². The maximum absolute atomic E-state index is 13.2. The second kappa shape index (κ2) is 11.0. The Morgan fingerprint density at radius 1 is 1.12 bits per heavy atom. The number of nitrogens with zero attached hydrogens (tertiary/aromatic N) is 1. The average Bonchev–Trinajstić information content (AvgIpc) is 3.43. The van der Waals surface area contributed by atoms with Crippen LogP contribution >= 0.6 is 11.8 Å². The van der Waals surface area contributed by atoms with E-state index in [9.17, 15) is 14.4 Å². The van der Waals surface area contributed by atoms with Crippen molar-refractivity contribution in [3.05, 3.63) is 59.7 Å². The second-order valence-corrected chi connectivity index (χ2v) is 9.65. The molecule has 2 N–H and O–H groups in total. The minimum atomic E-state index is -1.01. The molecular formula is C26H30N2O5S. The van der Waals surface area contributed by atoms with Gasteiger partial charge in [-0.3, -0.25) is 9.59 Å². The smallest absolute Gasteiger partial charge is 0.407 e. The Labute approximate surface area is 203 Å². The second-order valence-electron chi connectivity index (χ2n) is 8.74. The van der Waals surface area contributed by atoms with E-state index in [1.807, 2.05) is 42.7 Å². The van der Waals surface area contributed by atoms with Gasteiger partial charge in [0.15, 0.2) is 0 Å². The Morgan fingerprint density at radius 3 is 2.38 bits per heavy atom. The highest BCUT2D eigenvalue weighted by molar-refractivity contribution is 7.98. The van der Waals surface area contributed by atoms with Crippen LogP contribution in [0.2, 0.25) is 0 Å². The fraction of sp³-hybridized carbons (Fsp3) is 0.423. The summed E-state index contributed by atoms with van der Waals surface area (Å²) in [7, 11) is 0. The SMILES string of the molecule is CSCC1CCCN1C(=O)C(CCC(=O)O)NC(=O)OCC1c2ccccc2-c2ccccc21. The number of benzene rings is 2. The van der Waals surface area contributed by atoms with E-state index >= 15 is 0 Å². The molecule has 180 valence electrons. The van der Waals surface area contributed by atoms with Crippen molar-refractivity contribution in [2.75, 3.05) is 25.2 Å². The van der Waals surface area contributed by atoms with Gasteiger partial charge in [0, 0.05) is 30.7 Å². The van der Waals surface area contributed by atoms with E-state index in [1.54, 1.807) is 16.7 Å². The predicted octanol–water partition coefficient (Wildman–Crippen LogP) is 4.11. The van der Waals surface area contributed by atoms with Crippen LogP contribution in [0.25, 0.3) is 11.1 Å². The maximum Gasteiger partial charge on any atom is 0.407 e. The molecule has 34 heavy (non-hydrogen) atoms. The van der Waals surface area contributed by atoms with Crippen LogP contribution in [0.1, 0.15) is 42.7 Å². The van der Waals surface area contributed by atoms with Gasteiger partial charge in [0.25, 0.3) is 0 Å². The number of aliphatic carboxylic acids is 1. The number of nitrogens with one attached hydrogen (secondary N) is 1. The number of carbonyl (C=O) groups is 3. The Morgan fingerprint density at radius 2 is 1.76 bits per heavy atom. The van der Waals surface area contributed by atoms with E-state index < -0.39 is 18.1 Å². The lowest BCUT2D eigenvalue weighted by atomic mass is 9.98. The van der Waals surface area contributed by atoms with E-state index in [0.29, 0.717) is 6.54 Å². The summed E-state index contributed by atoms with van der Waals surface area (Å²) in [4.78, 5) is 38.9. The number of thioether (sulfide) groups is 1. The molecule has 2 aliphatic rings. The molecule has 2 amide bonds. The van der Waals surface area contributed by atoms with Crippen LogP contribution in [0, 0.1) is 0 Å². The number of amides is 2. The molecule has 1 aliphatic carbocycles. The number of hydrogen-bond donors (Lipinski definition) is 2. The van der Waals surface area contributed by atoms with Crippen LogP contribution in [-0.4, -0.2) is 65.2 Å². The molecule has 4 rings (SSSR count). The van der Waals surface area contributed by atoms with Crippen molar-refractivity contribution < 1.29 is 24.2 Å². The Balaban J connectivity index is 1.43. The lowest BCUT2D eigenvalue weighted by Gasteiger charge is -2.29. The predicted molar refractivity (Wildman–Crippen MR) is 132 cm³/mol. The first-order valence-electron chi connectivity index (χ1n) is 11.6. The van der Waals surface area contributed by atoms with Gasteiger partial charge in [-0.05, 0) is 47.8 Å². The number of hydrogen-bond acceptors (Lipinski definition) is 5. The quantitative estimate of drug-likeness (QED) is 0.558. The summed E-state index contributed by atoms with van der Waals surface area (Å²) in [5.41, 5.74) is 4.48. The van der Waals surface area contributed by atoms with Crippen LogP contribution in [0.5, 0.6) is 0 Å². The topological polar surface area (TPSA) is 95.9 Å². The number of rotatable bonds is 9.